The average Bonchev–Trinajstić information content (AvgIpc) is 3.08. The number of rotatable bonds is 2. The number of phenols is 1. The zero-order chi connectivity index (χ0) is 19.1. The Hall–Kier alpha value is -3.63. The number of nitriles is 1. The fraction of sp³-hybridized carbons (Fsp3) is 0. The number of phenolic OH excluding ortho intramolecular Hbond substituents is 1. The molecule has 0 radical (unpaired) electrons. The number of thiophene rings is 1. The number of aromatic hydroxyl groups is 2. The van der Waals surface area contributed by atoms with E-state index in [9.17, 15) is 19.4 Å². The van der Waals surface area contributed by atoms with Gasteiger partial charge in [-0.2, -0.15) is 5.26 Å². The summed E-state index contributed by atoms with van der Waals surface area (Å²) in [6, 6.07) is 13.0. The normalized spacial score (nSPS) is 10.8. The molecule has 0 saturated heterocycles. The van der Waals surface area contributed by atoms with Gasteiger partial charge in [0.2, 0.25) is 0 Å². The minimum Gasteiger partial charge on any atom is -0.506 e. The molecule has 2 aromatic carbocycles. The Balaban J connectivity index is 1.85. The summed E-state index contributed by atoms with van der Waals surface area (Å²) in [5.41, 5.74) is 1.44. The average molecular weight is 378 g/mol. The van der Waals surface area contributed by atoms with Gasteiger partial charge in [0.25, 0.3) is 5.56 Å². The summed E-state index contributed by atoms with van der Waals surface area (Å²) < 4.78 is 13.6. The van der Waals surface area contributed by atoms with E-state index >= 15 is 0 Å². The van der Waals surface area contributed by atoms with Crippen molar-refractivity contribution in [3.63, 3.8) is 0 Å². The second-order valence-corrected chi connectivity index (χ2v) is 6.74. The van der Waals surface area contributed by atoms with Gasteiger partial charge in [-0.1, -0.05) is 36.4 Å². The number of halogens is 1. The first-order chi connectivity index (χ1) is 13.0. The quantitative estimate of drug-likeness (QED) is 0.483. The van der Waals surface area contributed by atoms with Gasteiger partial charge in [-0.15, -0.1) is 11.3 Å². The van der Waals surface area contributed by atoms with Crippen molar-refractivity contribution in [2.75, 3.05) is 0 Å². The van der Waals surface area contributed by atoms with Crippen molar-refractivity contribution in [2.24, 2.45) is 0 Å². The number of nitrogens with zero attached hydrogens (tertiary/aromatic N) is 1. The van der Waals surface area contributed by atoms with Crippen molar-refractivity contribution in [2.45, 2.75) is 0 Å². The summed E-state index contributed by atoms with van der Waals surface area (Å²) in [5.74, 6) is -1.46. The van der Waals surface area contributed by atoms with Gasteiger partial charge >= 0.3 is 0 Å². The molecule has 27 heavy (non-hydrogen) atoms. The lowest BCUT2D eigenvalue weighted by Gasteiger charge is -2.07. The zero-order valence-electron chi connectivity index (χ0n) is 13.7. The number of para-hydroxylation sites is 1. The summed E-state index contributed by atoms with van der Waals surface area (Å²) in [5, 5.41) is 31.5. The van der Waals surface area contributed by atoms with Crippen molar-refractivity contribution >= 4 is 21.6 Å². The molecule has 132 valence electrons. The van der Waals surface area contributed by atoms with E-state index in [4.69, 9.17) is 5.26 Å². The summed E-state index contributed by atoms with van der Waals surface area (Å²) in [6.07, 6.45) is 0. The number of benzene rings is 2. The van der Waals surface area contributed by atoms with Gasteiger partial charge in [0.1, 0.15) is 16.6 Å². The van der Waals surface area contributed by atoms with Crippen molar-refractivity contribution in [3.8, 4) is 39.8 Å². The minimum absolute atomic E-state index is 0.330. The number of hydrogen-bond donors (Lipinski definition) is 3. The van der Waals surface area contributed by atoms with E-state index in [0.29, 0.717) is 26.9 Å². The zero-order valence-corrected chi connectivity index (χ0v) is 14.5. The first kappa shape index (κ1) is 16.8. The lowest BCUT2D eigenvalue weighted by molar-refractivity contribution is 0.434. The molecule has 0 unspecified atom stereocenters. The molecule has 0 atom stereocenters. The third-order valence-electron chi connectivity index (χ3n) is 4.32. The predicted molar refractivity (Wildman–Crippen MR) is 101 cm³/mol. The van der Waals surface area contributed by atoms with Gasteiger partial charge in [0.05, 0.1) is 5.39 Å². The fourth-order valence-corrected chi connectivity index (χ4v) is 3.94. The Morgan fingerprint density at radius 3 is 2.33 bits per heavy atom. The number of aromatic nitrogens is 1. The van der Waals surface area contributed by atoms with Crippen molar-refractivity contribution in [1.29, 1.82) is 5.26 Å². The van der Waals surface area contributed by atoms with Crippen LogP contribution in [0.25, 0.3) is 32.5 Å². The number of fused-ring (bicyclic) bond motifs is 1. The molecule has 0 fully saturated rings. The lowest BCUT2D eigenvalue weighted by Crippen LogP contribution is -2.09. The van der Waals surface area contributed by atoms with Crippen LogP contribution < -0.4 is 5.56 Å². The highest BCUT2D eigenvalue weighted by Crippen LogP contribution is 2.39. The molecule has 4 rings (SSSR count). The van der Waals surface area contributed by atoms with Gasteiger partial charge < -0.3 is 15.2 Å². The van der Waals surface area contributed by atoms with Crippen LogP contribution in [-0.4, -0.2) is 15.2 Å². The first-order valence-corrected chi connectivity index (χ1v) is 8.74. The van der Waals surface area contributed by atoms with E-state index in [1.165, 1.54) is 23.5 Å². The second-order valence-electron chi connectivity index (χ2n) is 5.86. The summed E-state index contributed by atoms with van der Waals surface area (Å²) in [7, 11) is 0. The van der Waals surface area contributed by atoms with Crippen molar-refractivity contribution in [1.82, 2.24) is 4.98 Å². The molecule has 2 aromatic heterocycles. The first-order valence-electron chi connectivity index (χ1n) is 7.86. The van der Waals surface area contributed by atoms with E-state index in [1.54, 1.807) is 41.8 Å². The molecular weight excluding hydrogens is 367 g/mol. The molecule has 0 saturated carbocycles. The van der Waals surface area contributed by atoms with Crippen LogP contribution in [0.4, 0.5) is 4.39 Å². The molecule has 0 aliphatic heterocycles. The van der Waals surface area contributed by atoms with Crippen LogP contribution in [0.1, 0.15) is 5.56 Å². The summed E-state index contributed by atoms with van der Waals surface area (Å²) in [4.78, 5) is 14.9. The highest BCUT2D eigenvalue weighted by Gasteiger charge is 2.17. The van der Waals surface area contributed by atoms with Crippen LogP contribution in [0.5, 0.6) is 11.5 Å². The van der Waals surface area contributed by atoms with Crippen LogP contribution in [0.15, 0.2) is 52.6 Å². The Morgan fingerprint density at radius 2 is 1.67 bits per heavy atom. The fourth-order valence-electron chi connectivity index (χ4n) is 2.98. The molecule has 0 bridgehead atoms. The molecule has 3 N–H and O–H groups in total. The van der Waals surface area contributed by atoms with Crippen LogP contribution in [0.3, 0.4) is 0 Å². The second kappa shape index (κ2) is 6.27. The monoisotopic (exact) mass is 378 g/mol. The van der Waals surface area contributed by atoms with Gasteiger partial charge in [-0.05, 0) is 17.2 Å². The topological polar surface area (TPSA) is 97.1 Å². The van der Waals surface area contributed by atoms with E-state index in [0.717, 1.165) is 5.56 Å². The molecule has 7 heteroatoms. The van der Waals surface area contributed by atoms with Gasteiger partial charge in [-0.3, -0.25) is 4.79 Å². The van der Waals surface area contributed by atoms with Crippen molar-refractivity contribution in [3.05, 3.63) is 69.6 Å². The van der Waals surface area contributed by atoms with E-state index in [2.05, 4.69) is 4.98 Å². The highest BCUT2D eigenvalue weighted by atomic mass is 32.1. The van der Waals surface area contributed by atoms with Crippen LogP contribution in [0, 0.1) is 17.1 Å². The maximum Gasteiger partial charge on any atom is 0.270 e. The number of aromatic amines is 1. The number of H-pyrrole nitrogens is 1. The Kier molecular flexibility index (Phi) is 3.90. The van der Waals surface area contributed by atoms with Crippen LogP contribution in [-0.2, 0) is 0 Å². The predicted octanol–water partition coefficient (Wildman–Crippen LogP) is 4.35. The standard InChI is InChI=1S/C20H11FN2O3S/c21-15-3-1-2-12(17(15)24)10-4-6-11(7-5-10)14-9-27-20-16(14)18(25)13(8-22)19(26)23-20/h1-7,9,24H,(H2,23,25,26). The highest BCUT2D eigenvalue weighted by molar-refractivity contribution is 7.17. The maximum absolute atomic E-state index is 13.6. The van der Waals surface area contributed by atoms with Gasteiger partial charge in [0, 0.05) is 16.5 Å². The Labute approximate surface area is 156 Å². The molecule has 0 aliphatic rings. The van der Waals surface area contributed by atoms with E-state index in [1.807, 2.05) is 0 Å². The summed E-state index contributed by atoms with van der Waals surface area (Å²) >= 11 is 1.25. The largest absolute Gasteiger partial charge is 0.506 e. The Morgan fingerprint density at radius 1 is 1.00 bits per heavy atom. The number of nitrogens with one attached hydrogen (secondary N) is 1. The Bertz CT molecular complexity index is 1280. The third kappa shape index (κ3) is 2.63. The molecule has 0 spiro atoms. The minimum atomic E-state index is -0.696. The smallest absolute Gasteiger partial charge is 0.270 e. The summed E-state index contributed by atoms with van der Waals surface area (Å²) in [6.45, 7) is 0. The van der Waals surface area contributed by atoms with Gasteiger partial charge in [-0.25, -0.2) is 4.39 Å². The SMILES string of the molecule is N#Cc1c(O)c2c(-c3ccc(-c4cccc(F)c4O)cc3)csc2[nH]c1=O. The van der Waals surface area contributed by atoms with Crippen molar-refractivity contribution < 1.29 is 14.6 Å². The number of hydrogen-bond acceptors (Lipinski definition) is 5. The molecule has 0 amide bonds. The lowest BCUT2D eigenvalue weighted by atomic mass is 9.99. The third-order valence-corrected chi connectivity index (χ3v) is 5.22. The number of pyridine rings is 1. The molecule has 4 aromatic rings. The maximum atomic E-state index is 13.6. The molecular formula is C20H11FN2O3S. The van der Waals surface area contributed by atoms with Gasteiger partial charge in [0.15, 0.2) is 17.1 Å². The van der Waals surface area contributed by atoms with E-state index in [-0.39, 0.29) is 11.3 Å². The molecule has 5 nitrogen and oxygen atoms in total. The van der Waals surface area contributed by atoms with E-state index < -0.39 is 17.1 Å². The van der Waals surface area contributed by atoms with Crippen LogP contribution in [0.2, 0.25) is 0 Å². The molecule has 2 heterocycles. The van der Waals surface area contributed by atoms with Crippen LogP contribution >= 0.6 is 11.3 Å². The molecule has 0 aliphatic carbocycles.